The van der Waals surface area contributed by atoms with Crippen LogP contribution in [-0.2, 0) is 0 Å². The summed E-state index contributed by atoms with van der Waals surface area (Å²) >= 11 is 0. The third-order valence-electron chi connectivity index (χ3n) is 0.926. The molecule has 8 heavy (non-hydrogen) atoms. The van der Waals surface area contributed by atoms with Crippen LogP contribution in [0.15, 0.2) is 0 Å². The minimum absolute atomic E-state index is 0. The Morgan fingerprint density at radius 3 is 2.00 bits per heavy atom. The van der Waals surface area contributed by atoms with Crippen molar-refractivity contribution in [3.8, 4) is 0 Å². The van der Waals surface area contributed by atoms with Crippen LogP contribution in [0.3, 0.4) is 0 Å². The molecule has 0 aliphatic heterocycles. The summed E-state index contributed by atoms with van der Waals surface area (Å²) in [5.74, 6) is 0.703. The van der Waals surface area contributed by atoms with Gasteiger partial charge in [0.15, 0.2) is 0 Å². The maximum atomic E-state index is 9.83. The van der Waals surface area contributed by atoms with E-state index in [1.165, 1.54) is 0 Å². The average molecular weight is 140 g/mol. The van der Waals surface area contributed by atoms with Gasteiger partial charge in [-0.05, 0) is 5.92 Å². The fourth-order valence-corrected chi connectivity index (χ4v) is 0.492. The minimum atomic E-state index is 0. The Morgan fingerprint density at radius 2 is 1.88 bits per heavy atom. The molecule has 0 aromatic heterocycles. The van der Waals surface area contributed by atoms with E-state index in [0.717, 1.165) is 12.8 Å². The van der Waals surface area contributed by atoms with Crippen LogP contribution in [0.5, 0.6) is 0 Å². The van der Waals surface area contributed by atoms with Crippen molar-refractivity contribution in [2.75, 3.05) is 6.61 Å². The van der Waals surface area contributed by atoms with Gasteiger partial charge in [-0.15, -0.1) is 6.61 Å². The van der Waals surface area contributed by atoms with Crippen molar-refractivity contribution in [2.24, 2.45) is 5.92 Å². The molecule has 0 saturated carbocycles. The van der Waals surface area contributed by atoms with E-state index in [1.807, 2.05) is 0 Å². The van der Waals surface area contributed by atoms with Crippen LogP contribution in [0.4, 0.5) is 0 Å². The maximum Gasteiger partial charge on any atom is 1.00 e. The third-order valence-corrected chi connectivity index (χ3v) is 0.926. The van der Waals surface area contributed by atoms with E-state index >= 15 is 0 Å². The Labute approximate surface area is 94.3 Å². The number of rotatable bonds is 3. The second-order valence-corrected chi connectivity index (χ2v) is 2.24. The first kappa shape index (κ1) is 12.3. The van der Waals surface area contributed by atoms with E-state index in [0.29, 0.717) is 5.92 Å². The van der Waals surface area contributed by atoms with Gasteiger partial charge in [0.25, 0.3) is 0 Å². The molecule has 0 aliphatic carbocycles. The van der Waals surface area contributed by atoms with Gasteiger partial charge in [-0.25, -0.2) is 0 Å². The Hall–Kier alpha value is 1.60. The molecular formula is C6H13KO. The topological polar surface area (TPSA) is 23.1 Å². The largest absolute Gasteiger partial charge is 1.00 e. The van der Waals surface area contributed by atoms with Gasteiger partial charge >= 0.3 is 51.4 Å². The molecule has 0 N–H and O–H groups in total. The summed E-state index contributed by atoms with van der Waals surface area (Å²) in [5.41, 5.74) is 0. The molecule has 0 heterocycles. The first-order valence-corrected chi connectivity index (χ1v) is 2.85. The Kier molecular flexibility index (Phi) is 13.2. The van der Waals surface area contributed by atoms with Gasteiger partial charge in [-0.1, -0.05) is 26.7 Å². The normalized spacial score (nSPS) is 9.00. The molecule has 2 heteroatoms. The van der Waals surface area contributed by atoms with Crippen molar-refractivity contribution in [1.29, 1.82) is 0 Å². The minimum Gasteiger partial charge on any atom is -0.854 e. The van der Waals surface area contributed by atoms with Crippen LogP contribution in [0.2, 0.25) is 0 Å². The van der Waals surface area contributed by atoms with Crippen LogP contribution in [0.25, 0.3) is 0 Å². The van der Waals surface area contributed by atoms with Crippen molar-refractivity contribution in [1.82, 2.24) is 0 Å². The van der Waals surface area contributed by atoms with Gasteiger partial charge in [0.1, 0.15) is 0 Å². The van der Waals surface area contributed by atoms with Gasteiger partial charge in [0.05, 0.1) is 0 Å². The molecule has 0 fully saturated rings. The standard InChI is InChI=1S/C6H13O.K/c1-6(2)4-3-5-7;/h6H,3-5H2,1-2H3;/q-1;+1. The first-order chi connectivity index (χ1) is 3.27. The SMILES string of the molecule is CC(C)CCC[O-].[K+]. The monoisotopic (exact) mass is 140 g/mol. The smallest absolute Gasteiger partial charge is 0.854 e. The summed E-state index contributed by atoms with van der Waals surface area (Å²) in [6.45, 7) is 4.36. The van der Waals surface area contributed by atoms with Crippen molar-refractivity contribution in [2.45, 2.75) is 26.7 Å². The summed E-state index contributed by atoms with van der Waals surface area (Å²) in [4.78, 5) is 0. The Balaban J connectivity index is 0. The molecule has 0 rings (SSSR count). The molecule has 44 valence electrons. The van der Waals surface area contributed by atoms with Crippen molar-refractivity contribution >= 4 is 0 Å². The number of hydrogen-bond acceptors (Lipinski definition) is 1. The molecule has 0 amide bonds. The van der Waals surface area contributed by atoms with Gasteiger partial charge in [-0.2, -0.15) is 0 Å². The maximum absolute atomic E-state index is 9.83. The second-order valence-electron chi connectivity index (χ2n) is 2.24. The second kappa shape index (κ2) is 8.60. The molecule has 0 radical (unpaired) electrons. The van der Waals surface area contributed by atoms with Gasteiger partial charge in [-0.3, -0.25) is 0 Å². The van der Waals surface area contributed by atoms with Gasteiger partial charge < -0.3 is 5.11 Å². The first-order valence-electron chi connectivity index (χ1n) is 2.85. The summed E-state index contributed by atoms with van der Waals surface area (Å²) in [5, 5.41) is 9.83. The zero-order chi connectivity index (χ0) is 5.70. The summed E-state index contributed by atoms with van der Waals surface area (Å²) in [6.07, 6.45) is 1.93. The predicted molar refractivity (Wildman–Crippen MR) is 28.9 cm³/mol. The molecule has 0 atom stereocenters. The van der Waals surface area contributed by atoms with E-state index in [-0.39, 0.29) is 58.0 Å². The summed E-state index contributed by atoms with van der Waals surface area (Å²) in [7, 11) is 0. The molecule has 0 spiro atoms. The molecule has 0 saturated heterocycles. The van der Waals surface area contributed by atoms with Crippen molar-refractivity contribution in [3.63, 3.8) is 0 Å². The molecular weight excluding hydrogens is 127 g/mol. The van der Waals surface area contributed by atoms with E-state index in [1.54, 1.807) is 0 Å². The van der Waals surface area contributed by atoms with E-state index < -0.39 is 0 Å². The van der Waals surface area contributed by atoms with E-state index in [2.05, 4.69) is 13.8 Å². The molecule has 1 nitrogen and oxygen atoms in total. The predicted octanol–water partition coefficient (Wildman–Crippen LogP) is -2.21. The van der Waals surface area contributed by atoms with Crippen LogP contribution in [0, 0.1) is 5.92 Å². The zero-order valence-corrected chi connectivity index (χ0v) is 9.23. The van der Waals surface area contributed by atoms with Crippen LogP contribution >= 0.6 is 0 Å². The van der Waals surface area contributed by atoms with Crippen molar-refractivity contribution in [3.05, 3.63) is 0 Å². The average Bonchev–Trinajstić information content (AvgIpc) is 1.61. The van der Waals surface area contributed by atoms with Crippen molar-refractivity contribution < 1.29 is 56.5 Å². The van der Waals surface area contributed by atoms with Crippen LogP contribution in [-0.4, -0.2) is 6.61 Å². The van der Waals surface area contributed by atoms with Crippen LogP contribution in [0.1, 0.15) is 26.7 Å². The molecule has 0 aromatic rings. The molecule has 0 bridgehead atoms. The zero-order valence-electron chi connectivity index (χ0n) is 6.11. The molecule has 0 aromatic carbocycles. The van der Waals surface area contributed by atoms with E-state index in [4.69, 9.17) is 0 Å². The third kappa shape index (κ3) is 10.6. The Bertz CT molecular complexity index is 37.5. The fourth-order valence-electron chi connectivity index (χ4n) is 0.492. The quantitative estimate of drug-likeness (QED) is 0.408. The Morgan fingerprint density at radius 1 is 1.38 bits per heavy atom. The van der Waals surface area contributed by atoms with Gasteiger partial charge in [0.2, 0.25) is 0 Å². The van der Waals surface area contributed by atoms with E-state index in [9.17, 15) is 5.11 Å². The summed E-state index contributed by atoms with van der Waals surface area (Å²) in [6, 6.07) is 0. The molecule has 0 unspecified atom stereocenters. The number of hydrogen-bond donors (Lipinski definition) is 0. The fraction of sp³-hybridized carbons (Fsp3) is 1.00. The summed E-state index contributed by atoms with van der Waals surface area (Å²) < 4.78 is 0. The molecule has 0 aliphatic rings. The van der Waals surface area contributed by atoms with Crippen LogP contribution < -0.4 is 56.5 Å². The van der Waals surface area contributed by atoms with Gasteiger partial charge in [0, 0.05) is 0 Å².